The van der Waals surface area contributed by atoms with Crippen molar-refractivity contribution >= 4 is 34.9 Å². The first kappa shape index (κ1) is 24.8. The minimum Gasteiger partial charge on any atom is -0.368 e. The predicted molar refractivity (Wildman–Crippen MR) is 159 cm³/mol. The second-order valence-corrected chi connectivity index (χ2v) is 10.2. The van der Waals surface area contributed by atoms with Gasteiger partial charge in [0.05, 0.1) is 28.9 Å². The number of aromatic nitrogens is 6. The topological polar surface area (TPSA) is 86.4 Å². The average Bonchev–Trinajstić information content (AvgIpc) is 3.59. The first-order valence-corrected chi connectivity index (χ1v) is 13.6. The van der Waals surface area contributed by atoms with E-state index < -0.39 is 0 Å². The van der Waals surface area contributed by atoms with Gasteiger partial charge in [-0.25, -0.2) is 4.98 Å². The van der Waals surface area contributed by atoms with Crippen molar-refractivity contribution in [2.75, 3.05) is 18.0 Å². The number of H-pyrrole nitrogens is 2. The fourth-order valence-corrected chi connectivity index (χ4v) is 5.19. The van der Waals surface area contributed by atoms with Crippen LogP contribution in [0.4, 0.5) is 5.69 Å². The van der Waals surface area contributed by atoms with Crippen LogP contribution < -0.4 is 15.5 Å². The number of hydrogen-bond acceptors (Lipinski definition) is 5. The van der Waals surface area contributed by atoms with Gasteiger partial charge in [0.15, 0.2) is 5.82 Å². The van der Waals surface area contributed by atoms with Crippen LogP contribution in [0, 0.1) is 0 Å². The summed E-state index contributed by atoms with van der Waals surface area (Å²) in [4.78, 5) is 19.7. The molecule has 0 atom stereocenters. The first-order chi connectivity index (χ1) is 19.2. The molecule has 7 heteroatoms. The molecule has 1 fully saturated rings. The molecule has 0 saturated carbocycles. The third-order valence-electron chi connectivity index (χ3n) is 7.49. The Morgan fingerprint density at radius 1 is 0.974 bits per heavy atom. The van der Waals surface area contributed by atoms with E-state index in [9.17, 15) is 0 Å². The Kier molecular flexibility index (Phi) is 7.04. The summed E-state index contributed by atoms with van der Waals surface area (Å²) in [5.74, 6) is 0.702. The molecule has 1 aliphatic rings. The molecule has 7 nitrogen and oxygen atoms in total. The third kappa shape index (κ3) is 5.39. The Morgan fingerprint density at radius 2 is 1.77 bits per heavy atom. The monoisotopic (exact) mass is 515 g/mol. The van der Waals surface area contributed by atoms with Crippen LogP contribution in [0.1, 0.15) is 42.9 Å². The zero-order chi connectivity index (χ0) is 26.6. The number of aryl methyl sites for hydroxylation is 2. The standard InChI is InChI=1S/C32H33N7/c1-22(26-17-25(18-33-19-26)13-12-24-9-5-3-6-10-24)11-14-27-23(2)30(38-37-27)32-35-28-20-34-21-29(31(28)36-32)39-15-7-4-8-16-39/h3,5-6,9-11,14,17-21,37H,2,4,7-8,12-13,15-16H2,1H3,(H,35,36)/b22-11+,27-14+. The van der Waals surface area contributed by atoms with E-state index in [1.54, 1.807) is 0 Å². The molecule has 0 aliphatic carbocycles. The lowest BCUT2D eigenvalue weighted by Crippen LogP contribution is -2.29. The SMILES string of the molecule is C=c1c(-c2nc3c(N4CCCCC4)cncc3[nH]2)n[nH]/c1=C/C=C(\C)c1cncc(CCc2ccccc2)c1. The van der Waals surface area contributed by atoms with E-state index in [0.29, 0.717) is 5.82 Å². The molecular formula is C32H33N7. The summed E-state index contributed by atoms with van der Waals surface area (Å²) < 4.78 is 0. The van der Waals surface area contributed by atoms with Crippen molar-refractivity contribution in [2.24, 2.45) is 0 Å². The summed E-state index contributed by atoms with van der Waals surface area (Å²) in [6, 6.07) is 12.8. The van der Waals surface area contributed by atoms with Crippen molar-refractivity contribution in [2.45, 2.75) is 39.0 Å². The van der Waals surface area contributed by atoms with Gasteiger partial charge in [0.2, 0.25) is 0 Å². The van der Waals surface area contributed by atoms with Gasteiger partial charge in [-0.05, 0) is 73.4 Å². The van der Waals surface area contributed by atoms with Crippen LogP contribution in [0.5, 0.6) is 0 Å². The summed E-state index contributed by atoms with van der Waals surface area (Å²) in [6.45, 7) is 8.49. The molecule has 1 aromatic carbocycles. The number of benzene rings is 1. The number of rotatable bonds is 7. The maximum Gasteiger partial charge on any atom is 0.159 e. The molecule has 39 heavy (non-hydrogen) atoms. The Bertz CT molecular complexity index is 1720. The van der Waals surface area contributed by atoms with Crippen molar-refractivity contribution in [3.05, 3.63) is 94.5 Å². The van der Waals surface area contributed by atoms with Crippen LogP contribution in [0.3, 0.4) is 0 Å². The molecule has 0 amide bonds. The number of aromatic amines is 2. The summed E-state index contributed by atoms with van der Waals surface area (Å²) in [5, 5.41) is 9.35. The van der Waals surface area contributed by atoms with Gasteiger partial charge < -0.3 is 9.88 Å². The van der Waals surface area contributed by atoms with E-state index in [1.807, 2.05) is 30.9 Å². The van der Waals surface area contributed by atoms with Gasteiger partial charge in [0.25, 0.3) is 0 Å². The van der Waals surface area contributed by atoms with Crippen molar-refractivity contribution in [1.29, 1.82) is 0 Å². The lowest BCUT2D eigenvalue weighted by atomic mass is 10.0. The normalized spacial score (nSPS) is 14.8. The van der Waals surface area contributed by atoms with E-state index in [2.05, 4.69) is 86.0 Å². The maximum absolute atomic E-state index is 4.93. The number of nitrogens with one attached hydrogen (secondary N) is 2. The number of anilines is 1. The van der Waals surface area contributed by atoms with Crippen LogP contribution in [0.25, 0.3) is 40.8 Å². The molecule has 196 valence electrons. The van der Waals surface area contributed by atoms with Crippen LogP contribution in [-0.2, 0) is 12.8 Å². The fourth-order valence-electron chi connectivity index (χ4n) is 5.19. The summed E-state index contributed by atoms with van der Waals surface area (Å²) in [6.07, 6.45) is 17.4. The zero-order valence-electron chi connectivity index (χ0n) is 22.3. The van der Waals surface area contributed by atoms with E-state index in [4.69, 9.17) is 4.98 Å². The highest BCUT2D eigenvalue weighted by Crippen LogP contribution is 2.28. The van der Waals surface area contributed by atoms with Gasteiger partial charge >= 0.3 is 0 Å². The van der Waals surface area contributed by atoms with E-state index in [-0.39, 0.29) is 0 Å². The summed E-state index contributed by atoms with van der Waals surface area (Å²) >= 11 is 0. The number of piperidine rings is 1. The molecule has 1 aliphatic heterocycles. The van der Waals surface area contributed by atoms with E-state index in [0.717, 1.165) is 70.1 Å². The highest BCUT2D eigenvalue weighted by Gasteiger charge is 2.18. The van der Waals surface area contributed by atoms with Crippen LogP contribution in [-0.4, -0.2) is 43.2 Å². The number of hydrogen-bond donors (Lipinski definition) is 2. The Morgan fingerprint density at radius 3 is 2.62 bits per heavy atom. The van der Waals surface area contributed by atoms with Crippen LogP contribution >= 0.6 is 0 Å². The van der Waals surface area contributed by atoms with Crippen molar-refractivity contribution in [3.63, 3.8) is 0 Å². The van der Waals surface area contributed by atoms with E-state index >= 15 is 0 Å². The Labute approximate surface area is 228 Å². The predicted octanol–water partition coefficient (Wildman–Crippen LogP) is 4.81. The van der Waals surface area contributed by atoms with Crippen LogP contribution in [0.15, 0.2) is 67.3 Å². The second kappa shape index (κ2) is 11.1. The molecule has 1 saturated heterocycles. The fraction of sp³-hybridized carbons (Fsp3) is 0.250. The lowest BCUT2D eigenvalue weighted by molar-refractivity contribution is 0.578. The number of allylic oxidation sites excluding steroid dienone is 2. The molecule has 6 rings (SSSR count). The van der Waals surface area contributed by atoms with Gasteiger partial charge in [-0.1, -0.05) is 43.0 Å². The van der Waals surface area contributed by atoms with Crippen molar-refractivity contribution < 1.29 is 0 Å². The summed E-state index contributed by atoms with van der Waals surface area (Å²) in [7, 11) is 0. The number of fused-ring (bicyclic) bond motifs is 1. The molecule has 0 spiro atoms. The molecule has 0 radical (unpaired) electrons. The highest BCUT2D eigenvalue weighted by atomic mass is 15.2. The third-order valence-corrected chi connectivity index (χ3v) is 7.49. The minimum absolute atomic E-state index is 0.702. The molecule has 0 unspecified atom stereocenters. The molecule has 5 heterocycles. The molecule has 0 bridgehead atoms. The maximum atomic E-state index is 4.93. The molecule has 4 aromatic heterocycles. The quantitative estimate of drug-likeness (QED) is 0.325. The number of nitrogens with zero attached hydrogens (tertiary/aromatic N) is 5. The number of imidazole rings is 1. The summed E-state index contributed by atoms with van der Waals surface area (Å²) in [5.41, 5.74) is 8.46. The first-order valence-electron chi connectivity index (χ1n) is 13.6. The molecular weight excluding hydrogens is 482 g/mol. The van der Waals surface area contributed by atoms with Gasteiger partial charge in [-0.3, -0.25) is 15.1 Å². The lowest BCUT2D eigenvalue weighted by Gasteiger charge is -2.28. The van der Waals surface area contributed by atoms with Gasteiger partial charge in [0, 0.05) is 30.7 Å². The molecule has 5 aromatic rings. The largest absolute Gasteiger partial charge is 0.368 e. The van der Waals surface area contributed by atoms with E-state index in [1.165, 1.54) is 30.4 Å². The Balaban J connectivity index is 1.23. The number of pyridine rings is 2. The van der Waals surface area contributed by atoms with Crippen molar-refractivity contribution in [3.8, 4) is 11.5 Å². The smallest absolute Gasteiger partial charge is 0.159 e. The second-order valence-electron chi connectivity index (χ2n) is 10.2. The highest BCUT2D eigenvalue weighted by molar-refractivity contribution is 5.89. The van der Waals surface area contributed by atoms with Gasteiger partial charge in [0.1, 0.15) is 11.2 Å². The minimum atomic E-state index is 0.702. The zero-order valence-corrected chi connectivity index (χ0v) is 22.3. The van der Waals surface area contributed by atoms with Crippen LogP contribution in [0.2, 0.25) is 0 Å². The average molecular weight is 516 g/mol. The molecule has 2 N–H and O–H groups in total. The van der Waals surface area contributed by atoms with Gasteiger partial charge in [-0.2, -0.15) is 5.10 Å². The van der Waals surface area contributed by atoms with Gasteiger partial charge in [-0.15, -0.1) is 0 Å². The Hall–Kier alpha value is -4.52. The van der Waals surface area contributed by atoms with Crippen molar-refractivity contribution in [1.82, 2.24) is 30.1 Å².